The highest BCUT2D eigenvalue weighted by Crippen LogP contribution is 2.34. The number of rotatable bonds is 3. The van der Waals surface area contributed by atoms with E-state index in [1.165, 1.54) is 11.8 Å². The lowest BCUT2D eigenvalue weighted by Crippen LogP contribution is -2.27. The van der Waals surface area contributed by atoms with Gasteiger partial charge in [-0.3, -0.25) is 4.72 Å². The van der Waals surface area contributed by atoms with Crippen molar-refractivity contribution < 1.29 is 8.42 Å². The molecule has 2 aromatic rings. The van der Waals surface area contributed by atoms with Crippen molar-refractivity contribution in [3.63, 3.8) is 0 Å². The summed E-state index contributed by atoms with van der Waals surface area (Å²) in [6.45, 7) is 2.67. The monoisotopic (exact) mass is 317 g/mol. The number of aryl methyl sites for hydroxylation is 2. The molecule has 1 aromatic heterocycles. The predicted molar refractivity (Wildman–Crippen MR) is 87.8 cm³/mol. The Bertz CT molecular complexity index is 803. The fourth-order valence-corrected chi connectivity index (χ4v) is 4.13. The van der Waals surface area contributed by atoms with E-state index in [0.717, 1.165) is 25.1 Å². The first-order valence-corrected chi connectivity index (χ1v) is 8.75. The minimum Gasteiger partial charge on any atom is -0.373 e. The highest BCUT2D eigenvalue weighted by Gasteiger charge is 2.23. The minimum atomic E-state index is -3.69. The lowest BCUT2D eigenvalue weighted by atomic mass is 10.0. The Hall–Kier alpha value is -2.08. The van der Waals surface area contributed by atoms with Crippen molar-refractivity contribution in [3.05, 3.63) is 47.7 Å². The molecule has 1 aliphatic heterocycles. The molecule has 22 heavy (non-hydrogen) atoms. The van der Waals surface area contributed by atoms with Gasteiger partial charge in [0.05, 0.1) is 11.4 Å². The number of nitrogens with one attached hydrogen (secondary N) is 1. The highest BCUT2D eigenvalue weighted by atomic mass is 32.2. The molecule has 0 unspecified atom stereocenters. The molecule has 0 radical (unpaired) electrons. The van der Waals surface area contributed by atoms with E-state index in [2.05, 4.69) is 20.7 Å². The summed E-state index contributed by atoms with van der Waals surface area (Å²) in [6, 6.07) is 9.22. The molecule has 116 valence electrons. The predicted octanol–water partition coefficient (Wildman–Crippen LogP) is 2.57. The van der Waals surface area contributed by atoms with E-state index in [1.807, 2.05) is 13.1 Å². The Morgan fingerprint density at radius 1 is 1.23 bits per heavy atom. The van der Waals surface area contributed by atoms with E-state index >= 15 is 0 Å². The molecule has 0 atom stereocenters. The van der Waals surface area contributed by atoms with Gasteiger partial charge in [-0.2, -0.15) is 8.42 Å². The molecular weight excluding hydrogens is 298 g/mol. The fraction of sp³-hybridized carbons (Fsp3) is 0.312. The van der Waals surface area contributed by atoms with Gasteiger partial charge in [0.15, 0.2) is 5.03 Å². The van der Waals surface area contributed by atoms with Gasteiger partial charge < -0.3 is 4.90 Å². The number of benzene rings is 1. The van der Waals surface area contributed by atoms with Crippen LogP contribution in [-0.2, 0) is 16.4 Å². The Morgan fingerprint density at radius 2 is 2.05 bits per heavy atom. The van der Waals surface area contributed by atoms with Crippen LogP contribution >= 0.6 is 0 Å². The second-order valence-corrected chi connectivity index (χ2v) is 7.17. The van der Waals surface area contributed by atoms with Crippen LogP contribution in [-0.4, -0.2) is 27.0 Å². The number of sulfonamides is 1. The average Bonchev–Trinajstić information content (AvgIpc) is 2.47. The van der Waals surface area contributed by atoms with E-state index < -0.39 is 10.0 Å². The molecule has 0 saturated heterocycles. The summed E-state index contributed by atoms with van der Waals surface area (Å²) < 4.78 is 27.9. The van der Waals surface area contributed by atoms with E-state index in [1.54, 1.807) is 25.1 Å². The van der Waals surface area contributed by atoms with Gasteiger partial charge in [-0.1, -0.05) is 18.2 Å². The van der Waals surface area contributed by atoms with Gasteiger partial charge in [0.25, 0.3) is 10.0 Å². The molecule has 2 heterocycles. The minimum absolute atomic E-state index is 0.0751. The zero-order valence-electron chi connectivity index (χ0n) is 12.7. The summed E-state index contributed by atoms with van der Waals surface area (Å²) in [5, 5.41) is 0.0751. The quantitative estimate of drug-likeness (QED) is 0.945. The summed E-state index contributed by atoms with van der Waals surface area (Å²) >= 11 is 0. The standard InChI is InChI=1S/C16H19N3O2S/c1-12-6-4-10-17-16(12)22(20,21)18-14-9-3-7-13-8-5-11-19(2)15(13)14/h3-4,6-7,9-10,18H,5,8,11H2,1-2H3. The van der Waals surface area contributed by atoms with Gasteiger partial charge in [0.1, 0.15) is 0 Å². The summed E-state index contributed by atoms with van der Waals surface area (Å²) in [6.07, 6.45) is 3.55. The largest absolute Gasteiger partial charge is 0.373 e. The number of hydrogen-bond donors (Lipinski definition) is 1. The van der Waals surface area contributed by atoms with Crippen molar-refractivity contribution in [1.82, 2.24) is 4.98 Å². The number of pyridine rings is 1. The topological polar surface area (TPSA) is 62.3 Å². The van der Waals surface area contributed by atoms with E-state index in [-0.39, 0.29) is 5.03 Å². The molecule has 0 amide bonds. The Balaban J connectivity index is 2.02. The molecule has 0 spiro atoms. The molecule has 1 N–H and O–H groups in total. The van der Waals surface area contributed by atoms with Gasteiger partial charge in [0, 0.05) is 19.8 Å². The summed E-state index contributed by atoms with van der Waals surface area (Å²) in [5.74, 6) is 0. The smallest absolute Gasteiger partial charge is 0.279 e. The molecule has 0 bridgehead atoms. The summed E-state index contributed by atoms with van der Waals surface area (Å²) in [5.41, 5.74) is 3.38. The molecular formula is C16H19N3O2S. The SMILES string of the molecule is Cc1cccnc1S(=O)(=O)Nc1cccc2c1N(C)CCC2. The van der Waals surface area contributed by atoms with Crippen molar-refractivity contribution in [3.8, 4) is 0 Å². The average molecular weight is 317 g/mol. The normalized spacial score (nSPS) is 14.5. The fourth-order valence-electron chi connectivity index (χ4n) is 2.89. The van der Waals surface area contributed by atoms with Crippen LogP contribution in [0.15, 0.2) is 41.6 Å². The van der Waals surface area contributed by atoms with E-state index in [4.69, 9.17) is 0 Å². The van der Waals surface area contributed by atoms with Crippen LogP contribution in [0.1, 0.15) is 17.5 Å². The number of para-hydroxylation sites is 1. The molecule has 0 aliphatic carbocycles. The van der Waals surface area contributed by atoms with Crippen LogP contribution in [0.4, 0.5) is 11.4 Å². The van der Waals surface area contributed by atoms with Crippen LogP contribution in [0.25, 0.3) is 0 Å². The van der Waals surface area contributed by atoms with Crippen molar-refractivity contribution in [2.75, 3.05) is 23.2 Å². The van der Waals surface area contributed by atoms with Gasteiger partial charge in [-0.05, 0) is 43.0 Å². The van der Waals surface area contributed by atoms with Crippen LogP contribution < -0.4 is 9.62 Å². The Kier molecular flexibility index (Phi) is 3.78. The third-order valence-corrected chi connectivity index (χ3v) is 5.33. The van der Waals surface area contributed by atoms with Gasteiger partial charge in [-0.25, -0.2) is 4.98 Å². The van der Waals surface area contributed by atoms with Crippen LogP contribution in [0.2, 0.25) is 0 Å². The third kappa shape index (κ3) is 2.66. The third-order valence-electron chi connectivity index (χ3n) is 3.90. The molecule has 0 fully saturated rings. The highest BCUT2D eigenvalue weighted by molar-refractivity contribution is 7.92. The summed E-state index contributed by atoms with van der Waals surface area (Å²) in [4.78, 5) is 6.11. The molecule has 1 aliphatic rings. The van der Waals surface area contributed by atoms with Gasteiger partial charge >= 0.3 is 0 Å². The number of fused-ring (bicyclic) bond motifs is 1. The molecule has 5 nitrogen and oxygen atoms in total. The van der Waals surface area contributed by atoms with Gasteiger partial charge in [0.2, 0.25) is 0 Å². The lowest BCUT2D eigenvalue weighted by molar-refractivity contribution is 0.596. The molecule has 1 aromatic carbocycles. The summed E-state index contributed by atoms with van der Waals surface area (Å²) in [7, 11) is -1.70. The second kappa shape index (κ2) is 5.61. The number of aromatic nitrogens is 1. The second-order valence-electron chi connectivity index (χ2n) is 5.57. The van der Waals surface area contributed by atoms with Crippen molar-refractivity contribution in [2.24, 2.45) is 0 Å². The lowest BCUT2D eigenvalue weighted by Gasteiger charge is -2.29. The zero-order chi connectivity index (χ0) is 15.7. The first-order chi connectivity index (χ1) is 10.5. The van der Waals surface area contributed by atoms with Crippen LogP contribution in [0.3, 0.4) is 0 Å². The van der Waals surface area contributed by atoms with E-state index in [9.17, 15) is 8.42 Å². The molecule has 6 heteroatoms. The molecule has 0 saturated carbocycles. The van der Waals surface area contributed by atoms with Crippen LogP contribution in [0.5, 0.6) is 0 Å². The number of nitrogens with zero attached hydrogens (tertiary/aromatic N) is 2. The maximum Gasteiger partial charge on any atom is 0.279 e. The van der Waals surface area contributed by atoms with Crippen LogP contribution in [0, 0.1) is 6.92 Å². The maximum atomic E-state index is 12.6. The Morgan fingerprint density at radius 3 is 2.82 bits per heavy atom. The molecule has 3 rings (SSSR count). The van der Waals surface area contributed by atoms with Crippen molar-refractivity contribution in [2.45, 2.75) is 24.8 Å². The first kappa shape index (κ1) is 14.8. The van der Waals surface area contributed by atoms with Gasteiger partial charge in [-0.15, -0.1) is 0 Å². The van der Waals surface area contributed by atoms with E-state index in [0.29, 0.717) is 11.3 Å². The number of hydrogen-bond acceptors (Lipinski definition) is 4. The van der Waals surface area contributed by atoms with Crippen molar-refractivity contribution in [1.29, 1.82) is 0 Å². The zero-order valence-corrected chi connectivity index (χ0v) is 13.5. The number of anilines is 2. The maximum absolute atomic E-state index is 12.6. The Labute approximate surface area is 131 Å². The first-order valence-electron chi connectivity index (χ1n) is 7.26. The van der Waals surface area contributed by atoms with Crippen molar-refractivity contribution >= 4 is 21.4 Å².